The predicted octanol–water partition coefficient (Wildman–Crippen LogP) is 5.92. The molecule has 1 atom stereocenters. The highest BCUT2D eigenvalue weighted by Gasteiger charge is 2.22. The molecule has 0 bridgehead atoms. The minimum absolute atomic E-state index is 0.198. The number of benzene rings is 1. The number of nitrogens with one attached hydrogen (secondary N) is 1. The van der Waals surface area contributed by atoms with E-state index in [1.165, 1.54) is 49.0 Å². The first-order valence-corrected chi connectivity index (χ1v) is 11.2. The van der Waals surface area contributed by atoms with Crippen molar-refractivity contribution < 1.29 is 4.74 Å². The number of nitrogens with zero attached hydrogens (tertiary/aromatic N) is 1. The molecule has 1 saturated carbocycles. The molecule has 1 heterocycles. The second-order valence-electron chi connectivity index (χ2n) is 7.29. The maximum atomic E-state index is 5.89. The summed E-state index contributed by atoms with van der Waals surface area (Å²) in [7, 11) is 1.70. The number of ether oxygens (including phenoxy) is 1. The Morgan fingerprint density at radius 3 is 2.48 bits per heavy atom. The average Bonchev–Trinajstić information content (AvgIpc) is 3.08. The van der Waals surface area contributed by atoms with Crippen LogP contribution in [-0.4, -0.2) is 23.2 Å². The van der Waals surface area contributed by atoms with E-state index in [9.17, 15) is 0 Å². The van der Waals surface area contributed by atoms with Gasteiger partial charge in [-0.25, -0.2) is 0 Å². The molecule has 0 radical (unpaired) electrons. The second-order valence-corrected chi connectivity index (χ2v) is 8.71. The summed E-state index contributed by atoms with van der Waals surface area (Å²) >= 11 is 7.68. The van der Waals surface area contributed by atoms with Crippen molar-refractivity contribution in [2.45, 2.75) is 64.1 Å². The van der Waals surface area contributed by atoms with Crippen LogP contribution in [0.2, 0.25) is 0 Å². The van der Waals surface area contributed by atoms with E-state index in [-0.39, 0.29) is 6.04 Å². The minimum Gasteiger partial charge on any atom is -0.497 e. The smallest absolute Gasteiger partial charge is 0.169 e. The quantitative estimate of drug-likeness (QED) is 0.479. The van der Waals surface area contributed by atoms with Crippen molar-refractivity contribution in [2.24, 2.45) is 0 Å². The molecule has 0 spiro atoms. The number of methoxy groups -OCH3 is 1. The van der Waals surface area contributed by atoms with Gasteiger partial charge in [-0.3, -0.25) is 0 Å². The van der Waals surface area contributed by atoms with Gasteiger partial charge in [-0.05, 0) is 61.1 Å². The number of rotatable bonds is 6. The molecule has 0 saturated heterocycles. The van der Waals surface area contributed by atoms with Crippen LogP contribution in [-0.2, 0) is 6.54 Å². The van der Waals surface area contributed by atoms with Crippen LogP contribution in [0.15, 0.2) is 41.8 Å². The van der Waals surface area contributed by atoms with E-state index < -0.39 is 0 Å². The van der Waals surface area contributed by atoms with Gasteiger partial charge in [-0.15, -0.1) is 11.3 Å². The van der Waals surface area contributed by atoms with Crippen LogP contribution in [0.25, 0.3) is 0 Å². The van der Waals surface area contributed by atoms with Crippen molar-refractivity contribution >= 4 is 28.7 Å². The van der Waals surface area contributed by atoms with Crippen LogP contribution in [0.1, 0.15) is 61.9 Å². The van der Waals surface area contributed by atoms with E-state index in [1.54, 1.807) is 18.4 Å². The van der Waals surface area contributed by atoms with Crippen molar-refractivity contribution in [1.82, 2.24) is 10.2 Å². The average molecular weight is 403 g/mol. The molecule has 146 valence electrons. The molecule has 1 N–H and O–H groups in total. The highest BCUT2D eigenvalue weighted by molar-refractivity contribution is 7.80. The Balaban J connectivity index is 1.75. The van der Waals surface area contributed by atoms with Gasteiger partial charge in [-0.1, -0.05) is 43.9 Å². The predicted molar refractivity (Wildman–Crippen MR) is 118 cm³/mol. The van der Waals surface area contributed by atoms with Crippen molar-refractivity contribution in [3.8, 4) is 5.75 Å². The maximum absolute atomic E-state index is 5.89. The van der Waals surface area contributed by atoms with Crippen LogP contribution in [0.3, 0.4) is 0 Å². The molecule has 2 aromatic rings. The second kappa shape index (κ2) is 10.1. The zero-order valence-electron chi connectivity index (χ0n) is 16.3. The van der Waals surface area contributed by atoms with E-state index in [2.05, 4.69) is 46.8 Å². The van der Waals surface area contributed by atoms with Gasteiger partial charge >= 0.3 is 0 Å². The fourth-order valence-corrected chi connectivity index (χ4v) is 4.79. The SMILES string of the molecule is COc1ccc([C@@H](C)N(Cc2cccs2)C(=S)NC2CCCCCC2)cc1. The maximum Gasteiger partial charge on any atom is 0.169 e. The van der Waals surface area contributed by atoms with Crippen LogP contribution in [0.5, 0.6) is 5.75 Å². The van der Waals surface area contributed by atoms with Crippen molar-refractivity contribution in [2.75, 3.05) is 7.11 Å². The van der Waals surface area contributed by atoms with Gasteiger partial charge in [0.1, 0.15) is 5.75 Å². The zero-order chi connectivity index (χ0) is 19.1. The first-order valence-electron chi connectivity index (χ1n) is 9.91. The van der Waals surface area contributed by atoms with Gasteiger partial charge in [0.05, 0.1) is 19.7 Å². The normalized spacial score (nSPS) is 16.4. The fourth-order valence-electron chi connectivity index (χ4n) is 3.70. The lowest BCUT2D eigenvalue weighted by Gasteiger charge is -2.34. The number of hydrogen-bond acceptors (Lipinski definition) is 3. The standard InChI is InChI=1S/C22H30N2OS2/c1-17(18-11-13-20(25-2)14-12-18)24(16-21-10-7-15-27-21)22(26)23-19-8-5-3-4-6-9-19/h7,10-15,17,19H,3-6,8-9,16H2,1-2H3,(H,23,26)/t17-/m1/s1. The molecule has 5 heteroatoms. The van der Waals surface area contributed by atoms with Crippen LogP contribution in [0.4, 0.5) is 0 Å². The molecule has 3 rings (SSSR count). The Kier molecular flexibility index (Phi) is 7.53. The van der Waals surface area contributed by atoms with E-state index in [0.29, 0.717) is 6.04 Å². The van der Waals surface area contributed by atoms with Crippen LogP contribution < -0.4 is 10.1 Å². The Bertz CT molecular complexity index is 692. The Morgan fingerprint density at radius 1 is 1.19 bits per heavy atom. The van der Waals surface area contributed by atoms with Gasteiger partial charge in [0.15, 0.2) is 5.11 Å². The van der Waals surface area contributed by atoms with Crippen LogP contribution in [0, 0.1) is 0 Å². The monoisotopic (exact) mass is 402 g/mol. The first-order chi connectivity index (χ1) is 13.2. The lowest BCUT2D eigenvalue weighted by Crippen LogP contribution is -2.45. The molecule has 1 aliphatic rings. The topological polar surface area (TPSA) is 24.5 Å². The van der Waals surface area contributed by atoms with Gasteiger partial charge < -0.3 is 15.0 Å². The number of thiocarbonyl (C=S) groups is 1. The Labute approximate surface area is 172 Å². The molecule has 0 aliphatic heterocycles. The molecule has 1 fully saturated rings. The molecule has 1 aromatic carbocycles. The number of hydrogen-bond donors (Lipinski definition) is 1. The third-order valence-corrected chi connectivity index (χ3v) is 6.63. The van der Waals surface area contributed by atoms with E-state index in [1.807, 2.05) is 12.1 Å². The molecule has 1 aliphatic carbocycles. The van der Waals surface area contributed by atoms with E-state index >= 15 is 0 Å². The lowest BCUT2D eigenvalue weighted by molar-refractivity contribution is 0.319. The molecule has 1 aromatic heterocycles. The van der Waals surface area contributed by atoms with Gasteiger partial charge in [0, 0.05) is 10.9 Å². The van der Waals surface area contributed by atoms with Crippen molar-refractivity contribution in [1.29, 1.82) is 0 Å². The minimum atomic E-state index is 0.198. The van der Waals surface area contributed by atoms with E-state index in [0.717, 1.165) is 17.4 Å². The summed E-state index contributed by atoms with van der Waals surface area (Å²) in [4.78, 5) is 3.66. The molecule has 0 amide bonds. The van der Waals surface area contributed by atoms with Crippen molar-refractivity contribution in [3.05, 3.63) is 52.2 Å². The summed E-state index contributed by atoms with van der Waals surface area (Å²) in [6.07, 6.45) is 7.77. The molecule has 3 nitrogen and oxygen atoms in total. The summed E-state index contributed by atoms with van der Waals surface area (Å²) in [5.41, 5.74) is 1.25. The highest BCUT2D eigenvalue weighted by atomic mass is 32.1. The van der Waals surface area contributed by atoms with Gasteiger partial charge in [0.2, 0.25) is 0 Å². The van der Waals surface area contributed by atoms with Crippen LogP contribution >= 0.6 is 23.6 Å². The third-order valence-electron chi connectivity index (χ3n) is 5.42. The summed E-state index contributed by atoms with van der Waals surface area (Å²) in [6.45, 7) is 3.07. The van der Waals surface area contributed by atoms with Crippen molar-refractivity contribution in [3.63, 3.8) is 0 Å². The largest absolute Gasteiger partial charge is 0.497 e. The summed E-state index contributed by atoms with van der Waals surface area (Å²) in [5.74, 6) is 0.884. The lowest BCUT2D eigenvalue weighted by atomic mass is 10.1. The molecule has 0 unspecified atom stereocenters. The molecular weight excluding hydrogens is 372 g/mol. The highest BCUT2D eigenvalue weighted by Crippen LogP contribution is 2.26. The summed E-state index contributed by atoms with van der Waals surface area (Å²) < 4.78 is 5.30. The first kappa shape index (κ1) is 20.2. The summed E-state index contributed by atoms with van der Waals surface area (Å²) in [6, 6.07) is 13.3. The molecular formula is C22H30N2OS2. The van der Waals surface area contributed by atoms with Gasteiger partial charge in [0.25, 0.3) is 0 Å². The Morgan fingerprint density at radius 2 is 1.89 bits per heavy atom. The fraction of sp³-hybridized carbons (Fsp3) is 0.500. The van der Waals surface area contributed by atoms with E-state index in [4.69, 9.17) is 17.0 Å². The number of thiophene rings is 1. The Hall–Kier alpha value is -1.59. The summed E-state index contributed by atoms with van der Waals surface area (Å²) in [5, 5.41) is 6.69. The third kappa shape index (κ3) is 5.69. The van der Waals surface area contributed by atoms with Gasteiger partial charge in [-0.2, -0.15) is 0 Å². The molecule has 27 heavy (non-hydrogen) atoms. The zero-order valence-corrected chi connectivity index (χ0v) is 18.0.